The van der Waals surface area contributed by atoms with E-state index >= 15 is 0 Å². The van der Waals surface area contributed by atoms with Gasteiger partial charge in [-0.2, -0.15) is 0 Å². The molecule has 0 amide bonds. The van der Waals surface area contributed by atoms with Crippen LogP contribution >= 0.6 is 0 Å². The highest BCUT2D eigenvalue weighted by atomic mass is 14.1. The molecular formula is C16H19N. The predicted molar refractivity (Wildman–Crippen MR) is 71.9 cm³/mol. The number of allylic oxidation sites excluding steroid dienone is 3. The highest BCUT2D eigenvalue weighted by Crippen LogP contribution is 2.18. The maximum absolute atomic E-state index is 3.00. The molecule has 1 aromatic carbocycles. The summed E-state index contributed by atoms with van der Waals surface area (Å²) in [7, 11) is 0. The lowest BCUT2D eigenvalue weighted by molar-refractivity contribution is 0.591. The van der Waals surface area contributed by atoms with Gasteiger partial charge >= 0.3 is 0 Å². The molecule has 1 aliphatic carbocycles. The Morgan fingerprint density at radius 2 is 1.82 bits per heavy atom. The molecule has 0 bridgehead atoms. The molecule has 0 saturated heterocycles. The van der Waals surface area contributed by atoms with Gasteiger partial charge < -0.3 is 6.15 Å². The maximum atomic E-state index is 3.00. The van der Waals surface area contributed by atoms with E-state index in [0.717, 1.165) is 5.56 Å². The molecule has 0 aromatic heterocycles. The van der Waals surface area contributed by atoms with Gasteiger partial charge in [-0.05, 0) is 36.1 Å². The first-order valence-electron chi connectivity index (χ1n) is 5.32. The summed E-state index contributed by atoms with van der Waals surface area (Å²) in [5, 5.41) is 0. The van der Waals surface area contributed by atoms with Gasteiger partial charge in [-0.25, -0.2) is 0 Å². The minimum Gasteiger partial charge on any atom is -0.344 e. The first kappa shape index (κ1) is 15.1. The Hall–Kier alpha value is -1.92. The normalized spacial score (nSPS) is 11.4. The fraction of sp³-hybridized carbons (Fsp3) is 0.312. The third kappa shape index (κ3) is 5.64. The van der Waals surface area contributed by atoms with Crippen LogP contribution < -0.4 is 6.15 Å². The Morgan fingerprint density at radius 1 is 1.12 bits per heavy atom. The standard InChI is InChI=1S/C10H10.C6H6.H3N/c1-10(2,3)9-7-5-4-6-8-9;1-6-4-2-3-5-6;/h7H,1-3H3;2-4H,1H3;1H3. The van der Waals surface area contributed by atoms with Crippen molar-refractivity contribution in [3.8, 4) is 0 Å². The van der Waals surface area contributed by atoms with Crippen molar-refractivity contribution in [1.82, 2.24) is 6.15 Å². The van der Waals surface area contributed by atoms with Crippen molar-refractivity contribution >= 4 is 0 Å². The lowest BCUT2D eigenvalue weighted by Crippen LogP contribution is -2.09. The van der Waals surface area contributed by atoms with Gasteiger partial charge in [0.15, 0.2) is 0 Å². The van der Waals surface area contributed by atoms with E-state index < -0.39 is 0 Å². The van der Waals surface area contributed by atoms with Crippen molar-refractivity contribution in [3.05, 3.63) is 65.4 Å². The maximum Gasteiger partial charge on any atom is 0.0168 e. The first-order chi connectivity index (χ1) is 7.50. The zero-order valence-electron chi connectivity index (χ0n) is 11.0. The van der Waals surface area contributed by atoms with E-state index in [1.165, 1.54) is 5.57 Å². The monoisotopic (exact) mass is 225 g/mol. The van der Waals surface area contributed by atoms with E-state index in [0.29, 0.717) is 0 Å². The Bertz CT molecular complexity index is 413. The van der Waals surface area contributed by atoms with Gasteiger partial charge in [0.25, 0.3) is 0 Å². The van der Waals surface area contributed by atoms with Crippen LogP contribution in [0.25, 0.3) is 0 Å². The second kappa shape index (κ2) is 6.62. The molecule has 88 valence electrons. The van der Waals surface area contributed by atoms with E-state index in [2.05, 4.69) is 50.8 Å². The van der Waals surface area contributed by atoms with Crippen molar-refractivity contribution in [2.24, 2.45) is 0 Å². The summed E-state index contributed by atoms with van der Waals surface area (Å²) < 4.78 is 0. The van der Waals surface area contributed by atoms with Crippen LogP contribution in [0, 0.1) is 24.3 Å². The van der Waals surface area contributed by atoms with Crippen LogP contribution in [-0.2, 0) is 5.41 Å². The molecule has 0 radical (unpaired) electrons. The van der Waals surface area contributed by atoms with Crippen molar-refractivity contribution in [2.45, 2.75) is 33.1 Å². The molecule has 0 atom stereocenters. The quantitative estimate of drug-likeness (QED) is 0.665. The average molecular weight is 225 g/mol. The van der Waals surface area contributed by atoms with E-state index in [-0.39, 0.29) is 11.6 Å². The predicted octanol–water partition coefficient (Wildman–Crippen LogP) is 4.00. The summed E-state index contributed by atoms with van der Waals surface area (Å²) in [6.45, 7) is 8.45. The third-order valence-electron chi connectivity index (χ3n) is 2.11. The molecule has 1 aliphatic rings. The Kier molecular flexibility index (Phi) is 5.87. The van der Waals surface area contributed by atoms with Crippen molar-refractivity contribution < 1.29 is 0 Å². The first-order valence-corrected chi connectivity index (χ1v) is 5.32. The average Bonchev–Trinajstić information content (AvgIpc) is 2.70. The summed E-state index contributed by atoms with van der Waals surface area (Å²) >= 11 is 0. The van der Waals surface area contributed by atoms with Crippen LogP contribution in [0.2, 0.25) is 0 Å². The molecule has 0 heterocycles. The highest BCUT2D eigenvalue weighted by molar-refractivity contribution is 5.26. The van der Waals surface area contributed by atoms with Crippen LogP contribution in [-0.4, -0.2) is 0 Å². The van der Waals surface area contributed by atoms with Gasteiger partial charge in [0.05, 0.1) is 0 Å². The molecule has 0 fully saturated rings. The van der Waals surface area contributed by atoms with Gasteiger partial charge in [-0.15, -0.1) is 5.73 Å². The van der Waals surface area contributed by atoms with Crippen LogP contribution in [0.15, 0.2) is 35.6 Å². The summed E-state index contributed by atoms with van der Waals surface area (Å²) in [5.74, 6) is 0. The highest BCUT2D eigenvalue weighted by Gasteiger charge is 2.11. The summed E-state index contributed by atoms with van der Waals surface area (Å²) in [5.41, 5.74) is 5.50. The molecule has 1 heteroatoms. The van der Waals surface area contributed by atoms with Crippen LogP contribution in [0.4, 0.5) is 0 Å². The number of hydrogen-bond donors (Lipinski definition) is 1. The summed E-state index contributed by atoms with van der Waals surface area (Å²) in [6.07, 6.45) is 5.92. The molecule has 0 saturated carbocycles. The van der Waals surface area contributed by atoms with E-state index in [4.69, 9.17) is 0 Å². The molecule has 17 heavy (non-hydrogen) atoms. The minimum atomic E-state index is 0. The zero-order chi connectivity index (χ0) is 12.0. The van der Waals surface area contributed by atoms with Gasteiger partial charge in [-0.1, -0.05) is 45.1 Å². The minimum absolute atomic E-state index is 0. The second-order valence-corrected chi connectivity index (χ2v) is 4.68. The van der Waals surface area contributed by atoms with E-state index in [9.17, 15) is 0 Å². The second-order valence-electron chi connectivity index (χ2n) is 4.68. The molecule has 1 aromatic rings. The lowest BCUT2D eigenvalue weighted by atomic mass is 9.89. The third-order valence-corrected chi connectivity index (χ3v) is 2.11. The molecule has 0 spiro atoms. The van der Waals surface area contributed by atoms with Crippen LogP contribution in [0.5, 0.6) is 0 Å². The molecule has 1 nitrogen and oxygen atoms in total. The Morgan fingerprint density at radius 3 is 2.06 bits per heavy atom. The summed E-state index contributed by atoms with van der Waals surface area (Å²) in [4.78, 5) is 0. The number of rotatable bonds is 0. The molecule has 3 N–H and O–H groups in total. The largest absolute Gasteiger partial charge is 0.344 e. The molecular weight excluding hydrogens is 206 g/mol. The van der Waals surface area contributed by atoms with Gasteiger partial charge in [0, 0.05) is 11.6 Å². The van der Waals surface area contributed by atoms with Gasteiger partial charge in [0.1, 0.15) is 0 Å². The van der Waals surface area contributed by atoms with E-state index in [1.54, 1.807) is 0 Å². The lowest BCUT2D eigenvalue weighted by Gasteiger charge is -2.14. The van der Waals surface area contributed by atoms with Gasteiger partial charge in [-0.3, -0.25) is 0 Å². The fourth-order valence-electron chi connectivity index (χ4n) is 1.10. The van der Waals surface area contributed by atoms with Crippen molar-refractivity contribution in [3.63, 3.8) is 0 Å². The van der Waals surface area contributed by atoms with Crippen LogP contribution in [0.1, 0.15) is 33.3 Å². The summed E-state index contributed by atoms with van der Waals surface area (Å²) in [6, 6.07) is 13.2. The zero-order valence-corrected chi connectivity index (χ0v) is 11.0. The Labute approximate surface area is 105 Å². The molecule has 0 unspecified atom stereocenters. The Balaban J connectivity index is 0.000000316. The molecule has 0 aliphatic heterocycles. The van der Waals surface area contributed by atoms with Crippen molar-refractivity contribution in [2.75, 3.05) is 0 Å². The number of hydrogen-bond acceptors (Lipinski definition) is 1. The molecule has 2 rings (SSSR count). The van der Waals surface area contributed by atoms with Gasteiger partial charge in [0.2, 0.25) is 0 Å². The van der Waals surface area contributed by atoms with E-state index in [1.807, 2.05) is 31.2 Å². The van der Waals surface area contributed by atoms with Crippen molar-refractivity contribution in [1.29, 1.82) is 0 Å². The van der Waals surface area contributed by atoms with Crippen LogP contribution in [0.3, 0.4) is 0 Å². The topological polar surface area (TPSA) is 35.0 Å². The smallest absolute Gasteiger partial charge is 0.0168 e. The fourth-order valence-corrected chi connectivity index (χ4v) is 1.10. The SMILES string of the molecule is CC(C)(C)c1c#cc#cc1.CC1=C=CC=C1.N.